The number of aliphatic hydroxyl groups excluding tert-OH is 1. The summed E-state index contributed by atoms with van der Waals surface area (Å²) in [7, 11) is -2.75. The Morgan fingerprint density at radius 3 is 2.68 bits per heavy atom. The number of rotatable bonds is 11. The second kappa shape index (κ2) is 12.0. The number of ether oxygens (including phenoxy) is 2. The standard InChI is InChI=1S/C25H31FN7O7P/c1-6-25(26)19(34)17(39-23(25)33-13-29-18-20(28-5)30-24(27)31-21(18)33)12-37-41(36,40-16-10-8-7-9-11-16)32-15(4)22(35)38-14(2)3/h1,7-11,13-15,17,19,23,34H,12H2,2-5H3,(H,32,36)(H3,27,28,30,31)/t15?,17-,19-,23-,25-,41+/m1/s1. The first-order valence-electron chi connectivity index (χ1n) is 12.6. The zero-order valence-corrected chi connectivity index (χ0v) is 23.6. The number of esters is 1. The number of benzene rings is 1. The lowest BCUT2D eigenvalue weighted by atomic mass is 9.97. The van der Waals surface area contributed by atoms with Crippen LogP contribution in [0, 0.1) is 12.3 Å². The Kier molecular flexibility index (Phi) is 8.81. The second-order valence-corrected chi connectivity index (χ2v) is 11.1. The van der Waals surface area contributed by atoms with Gasteiger partial charge in [0.2, 0.25) is 11.6 Å². The molecule has 0 bridgehead atoms. The second-order valence-electron chi connectivity index (χ2n) is 9.42. The van der Waals surface area contributed by atoms with Crippen molar-refractivity contribution in [2.75, 3.05) is 24.7 Å². The van der Waals surface area contributed by atoms with E-state index in [1.54, 1.807) is 39.1 Å². The van der Waals surface area contributed by atoms with Crippen molar-refractivity contribution in [2.45, 2.75) is 57.0 Å². The quantitative estimate of drug-likeness (QED) is 0.145. The number of hydrogen-bond acceptors (Lipinski definition) is 12. The van der Waals surface area contributed by atoms with E-state index < -0.39 is 56.6 Å². The number of aromatic nitrogens is 4. The topological polar surface area (TPSA) is 185 Å². The van der Waals surface area contributed by atoms with Gasteiger partial charge in [0.25, 0.3) is 0 Å². The van der Waals surface area contributed by atoms with Gasteiger partial charge < -0.3 is 30.2 Å². The molecular formula is C25H31FN7O7P. The van der Waals surface area contributed by atoms with E-state index in [1.165, 1.54) is 30.0 Å². The summed E-state index contributed by atoms with van der Waals surface area (Å²) < 4.78 is 53.2. The maximum Gasteiger partial charge on any atom is 0.459 e. The summed E-state index contributed by atoms with van der Waals surface area (Å²) >= 11 is 0. The SMILES string of the molecule is C#C[C@@]1(F)[C@H](O)[C@@H](CO[P@@](=O)(NC(C)C(=O)OC(C)C)Oc2ccccc2)O[C@H]1n1cnc2c(NC)nc(N)nc21. The van der Waals surface area contributed by atoms with Crippen molar-refractivity contribution in [1.29, 1.82) is 0 Å². The molecule has 1 saturated heterocycles. The van der Waals surface area contributed by atoms with Crippen LogP contribution in [0.5, 0.6) is 5.75 Å². The molecule has 1 fully saturated rings. The highest BCUT2D eigenvalue weighted by atomic mass is 31.2. The molecule has 1 unspecified atom stereocenters. The molecule has 0 amide bonds. The van der Waals surface area contributed by atoms with Gasteiger partial charge in [-0.15, -0.1) is 6.42 Å². The zero-order chi connectivity index (χ0) is 29.9. The minimum absolute atomic E-state index is 0.0927. The summed E-state index contributed by atoms with van der Waals surface area (Å²) in [5.41, 5.74) is 3.36. The molecule has 220 valence electrons. The fraction of sp³-hybridized carbons (Fsp3) is 0.440. The number of alkyl halides is 1. The molecule has 4 rings (SSSR count). The van der Waals surface area contributed by atoms with Crippen molar-refractivity contribution in [1.82, 2.24) is 24.6 Å². The summed E-state index contributed by atoms with van der Waals surface area (Å²) in [6.45, 7) is 4.08. The van der Waals surface area contributed by atoms with Gasteiger partial charge in [0.05, 0.1) is 19.0 Å². The number of anilines is 2. The number of imidazole rings is 1. The molecule has 3 aromatic rings. The number of halogens is 1. The minimum atomic E-state index is -4.34. The van der Waals surface area contributed by atoms with Crippen molar-refractivity contribution in [3.8, 4) is 18.1 Å². The lowest BCUT2D eigenvalue weighted by Gasteiger charge is -2.25. The van der Waals surface area contributed by atoms with Gasteiger partial charge in [-0.2, -0.15) is 15.1 Å². The van der Waals surface area contributed by atoms with Crippen molar-refractivity contribution in [3.63, 3.8) is 0 Å². The zero-order valence-electron chi connectivity index (χ0n) is 22.7. The monoisotopic (exact) mass is 591 g/mol. The third-order valence-electron chi connectivity index (χ3n) is 6.03. The lowest BCUT2D eigenvalue weighted by Crippen LogP contribution is -2.42. The Hall–Kier alpha value is -3.80. The number of terminal acetylenes is 1. The predicted octanol–water partition coefficient (Wildman–Crippen LogP) is 2.18. The van der Waals surface area contributed by atoms with Crippen LogP contribution in [0.2, 0.25) is 0 Å². The Morgan fingerprint density at radius 2 is 2.05 bits per heavy atom. The predicted molar refractivity (Wildman–Crippen MR) is 146 cm³/mol. The van der Waals surface area contributed by atoms with Crippen molar-refractivity contribution in [3.05, 3.63) is 36.7 Å². The van der Waals surface area contributed by atoms with Crippen molar-refractivity contribution in [2.24, 2.45) is 0 Å². The van der Waals surface area contributed by atoms with Crippen LogP contribution in [0.15, 0.2) is 36.7 Å². The molecule has 0 radical (unpaired) electrons. The van der Waals surface area contributed by atoms with E-state index in [-0.39, 0.29) is 28.7 Å². The summed E-state index contributed by atoms with van der Waals surface area (Å²) in [6.07, 6.45) is 1.32. The molecule has 1 aliphatic rings. The highest BCUT2D eigenvalue weighted by Gasteiger charge is 2.58. The third-order valence-corrected chi connectivity index (χ3v) is 7.67. The molecule has 1 aromatic carbocycles. The normalized spacial score (nSPS) is 24.5. The van der Waals surface area contributed by atoms with E-state index >= 15 is 4.39 Å². The van der Waals surface area contributed by atoms with Crippen LogP contribution in [0.25, 0.3) is 11.2 Å². The molecule has 16 heteroatoms. The molecule has 5 N–H and O–H groups in total. The number of carbonyl (C=O) groups excluding carboxylic acids is 1. The van der Waals surface area contributed by atoms with Crippen LogP contribution in [0.3, 0.4) is 0 Å². The van der Waals surface area contributed by atoms with Gasteiger partial charge in [-0.05, 0) is 32.9 Å². The van der Waals surface area contributed by atoms with Crippen molar-refractivity contribution < 1.29 is 37.4 Å². The summed E-state index contributed by atoms with van der Waals surface area (Å²) in [6, 6.07) is 6.92. The highest BCUT2D eigenvalue weighted by molar-refractivity contribution is 7.52. The first-order chi connectivity index (χ1) is 19.4. The fourth-order valence-corrected chi connectivity index (χ4v) is 5.60. The molecule has 0 saturated carbocycles. The van der Waals surface area contributed by atoms with Crippen LogP contribution in [-0.4, -0.2) is 74.3 Å². The molecule has 2 aromatic heterocycles. The Balaban J connectivity index is 1.60. The Bertz CT molecular complexity index is 1480. The van der Waals surface area contributed by atoms with E-state index in [0.717, 1.165) is 0 Å². The molecule has 3 heterocycles. The summed E-state index contributed by atoms with van der Waals surface area (Å²) in [5.74, 6) is 1.57. The van der Waals surface area contributed by atoms with E-state index in [0.29, 0.717) is 0 Å². The molecule has 14 nitrogen and oxygen atoms in total. The number of fused-ring (bicyclic) bond motifs is 1. The molecular weight excluding hydrogens is 560 g/mol. The third kappa shape index (κ3) is 6.27. The van der Waals surface area contributed by atoms with E-state index in [2.05, 4.69) is 25.4 Å². The Labute approximate surface area is 235 Å². The number of nitrogens with zero attached hydrogens (tertiary/aromatic N) is 4. The number of nitrogens with two attached hydrogens (primary N) is 1. The van der Waals surface area contributed by atoms with Gasteiger partial charge in [-0.25, -0.2) is 13.9 Å². The van der Waals surface area contributed by atoms with Gasteiger partial charge in [0, 0.05) is 7.05 Å². The van der Waals surface area contributed by atoms with Gasteiger partial charge in [-0.1, -0.05) is 24.1 Å². The van der Waals surface area contributed by atoms with Gasteiger partial charge in [-0.3, -0.25) is 13.9 Å². The van der Waals surface area contributed by atoms with Crippen LogP contribution in [0.1, 0.15) is 27.0 Å². The van der Waals surface area contributed by atoms with Gasteiger partial charge in [0.1, 0.15) is 24.0 Å². The summed E-state index contributed by atoms with van der Waals surface area (Å²) in [4.78, 5) is 24.7. The van der Waals surface area contributed by atoms with Crippen LogP contribution in [0.4, 0.5) is 16.2 Å². The molecule has 41 heavy (non-hydrogen) atoms. The van der Waals surface area contributed by atoms with Crippen LogP contribution < -0.4 is 20.7 Å². The van der Waals surface area contributed by atoms with Crippen LogP contribution >= 0.6 is 7.75 Å². The van der Waals surface area contributed by atoms with E-state index in [1.807, 2.05) is 5.92 Å². The maximum atomic E-state index is 16.1. The number of aliphatic hydroxyl groups is 1. The number of carbonyl (C=O) groups is 1. The number of hydrogen-bond donors (Lipinski definition) is 4. The number of para-hydroxylation sites is 1. The minimum Gasteiger partial charge on any atom is -0.462 e. The molecule has 6 atom stereocenters. The first kappa shape index (κ1) is 30.2. The van der Waals surface area contributed by atoms with Gasteiger partial charge >= 0.3 is 13.7 Å². The van der Waals surface area contributed by atoms with Crippen molar-refractivity contribution >= 4 is 36.6 Å². The van der Waals surface area contributed by atoms with E-state index in [4.69, 9.17) is 30.7 Å². The molecule has 0 aliphatic carbocycles. The molecule has 1 aliphatic heterocycles. The lowest BCUT2D eigenvalue weighted by molar-refractivity contribution is -0.149. The summed E-state index contributed by atoms with van der Waals surface area (Å²) in [5, 5.41) is 16.2. The first-order valence-corrected chi connectivity index (χ1v) is 14.1. The smallest absolute Gasteiger partial charge is 0.459 e. The highest BCUT2D eigenvalue weighted by Crippen LogP contribution is 2.48. The Morgan fingerprint density at radius 1 is 1.34 bits per heavy atom. The van der Waals surface area contributed by atoms with Crippen LogP contribution in [-0.2, 0) is 23.4 Å². The number of nitrogens with one attached hydrogen (secondary N) is 2. The average molecular weight is 592 g/mol. The maximum absolute atomic E-state index is 16.1. The molecule has 0 spiro atoms. The average Bonchev–Trinajstić information content (AvgIpc) is 3.45. The number of nitrogen functional groups attached to an aromatic ring is 1. The van der Waals surface area contributed by atoms with E-state index in [9.17, 15) is 14.5 Å². The van der Waals surface area contributed by atoms with Gasteiger partial charge in [0.15, 0.2) is 23.2 Å². The largest absolute Gasteiger partial charge is 0.462 e. The fourth-order valence-electron chi connectivity index (χ4n) is 4.10.